The highest BCUT2D eigenvalue weighted by atomic mass is 16.4. The number of benzene rings is 1. The summed E-state index contributed by atoms with van der Waals surface area (Å²) in [7, 11) is 0. The van der Waals surface area contributed by atoms with Crippen LogP contribution in [0.25, 0.3) is 0 Å². The van der Waals surface area contributed by atoms with E-state index < -0.39 is 11.9 Å². The van der Waals surface area contributed by atoms with Crippen molar-refractivity contribution in [3.63, 3.8) is 0 Å². The molecule has 1 unspecified atom stereocenters. The first-order chi connectivity index (χ1) is 10.2. The summed E-state index contributed by atoms with van der Waals surface area (Å²) < 4.78 is 0. The van der Waals surface area contributed by atoms with Crippen LogP contribution in [0, 0.1) is 0 Å². The van der Waals surface area contributed by atoms with E-state index in [-0.39, 0.29) is 19.0 Å². The zero-order valence-electron chi connectivity index (χ0n) is 12.0. The summed E-state index contributed by atoms with van der Waals surface area (Å²) in [6.45, 7) is 0.371. The summed E-state index contributed by atoms with van der Waals surface area (Å²) >= 11 is 0. The summed E-state index contributed by atoms with van der Waals surface area (Å²) in [5.41, 5.74) is 0.703. The van der Waals surface area contributed by atoms with Gasteiger partial charge in [0.15, 0.2) is 0 Å². The van der Waals surface area contributed by atoms with Crippen LogP contribution in [0.2, 0.25) is 0 Å². The predicted octanol–water partition coefficient (Wildman–Crippen LogP) is 1.50. The minimum Gasteiger partial charge on any atom is -0.481 e. The summed E-state index contributed by atoms with van der Waals surface area (Å²) in [6, 6.07) is 9.40. The molecule has 0 bridgehead atoms. The van der Waals surface area contributed by atoms with Crippen LogP contribution < -0.4 is 10.6 Å². The van der Waals surface area contributed by atoms with Crippen molar-refractivity contribution in [3.8, 4) is 0 Å². The maximum atomic E-state index is 11.8. The predicted molar refractivity (Wildman–Crippen MR) is 80.1 cm³/mol. The molecule has 0 heterocycles. The maximum absolute atomic E-state index is 11.8. The molecular formula is C16H22N2O3. The van der Waals surface area contributed by atoms with Crippen molar-refractivity contribution in [2.75, 3.05) is 13.1 Å². The topological polar surface area (TPSA) is 78.4 Å². The number of rotatable bonds is 7. The Labute approximate surface area is 124 Å². The number of hydrogen-bond acceptors (Lipinski definition) is 3. The van der Waals surface area contributed by atoms with Gasteiger partial charge in [0, 0.05) is 12.6 Å². The Morgan fingerprint density at radius 2 is 1.86 bits per heavy atom. The van der Waals surface area contributed by atoms with Crippen molar-refractivity contribution in [1.29, 1.82) is 0 Å². The fourth-order valence-electron chi connectivity index (χ4n) is 2.68. The smallest absolute Gasteiger partial charge is 0.312 e. The summed E-state index contributed by atoms with van der Waals surface area (Å²) in [5.74, 6) is -1.78. The van der Waals surface area contributed by atoms with Gasteiger partial charge < -0.3 is 15.7 Å². The Morgan fingerprint density at radius 1 is 1.19 bits per heavy atom. The molecule has 1 aliphatic rings. The van der Waals surface area contributed by atoms with Gasteiger partial charge in [0.05, 0.1) is 12.5 Å². The van der Waals surface area contributed by atoms with Gasteiger partial charge in [-0.25, -0.2) is 0 Å². The molecule has 114 valence electrons. The first kappa shape index (κ1) is 15.5. The van der Waals surface area contributed by atoms with Crippen molar-refractivity contribution in [3.05, 3.63) is 35.9 Å². The third-order valence-corrected chi connectivity index (χ3v) is 3.91. The molecule has 1 aromatic carbocycles. The molecule has 0 saturated heterocycles. The SMILES string of the molecule is O=C(CNC1CCCC1)NCC(C(=O)O)c1ccccc1. The number of amides is 1. The van der Waals surface area contributed by atoms with Crippen LogP contribution in [0.15, 0.2) is 30.3 Å². The zero-order chi connectivity index (χ0) is 15.1. The third-order valence-electron chi connectivity index (χ3n) is 3.91. The lowest BCUT2D eigenvalue weighted by Gasteiger charge is -2.15. The Balaban J connectivity index is 1.78. The van der Waals surface area contributed by atoms with E-state index in [1.165, 1.54) is 12.8 Å². The number of aliphatic carboxylic acids is 1. The van der Waals surface area contributed by atoms with Crippen molar-refractivity contribution >= 4 is 11.9 Å². The molecular weight excluding hydrogens is 268 g/mol. The van der Waals surface area contributed by atoms with E-state index in [0.29, 0.717) is 11.6 Å². The number of carbonyl (C=O) groups is 2. The summed E-state index contributed by atoms with van der Waals surface area (Å²) in [5, 5.41) is 15.2. The van der Waals surface area contributed by atoms with E-state index in [4.69, 9.17) is 0 Å². The standard InChI is InChI=1S/C16H22N2O3/c19-15(11-17-13-8-4-5-9-13)18-10-14(16(20)21)12-6-2-1-3-7-12/h1-3,6-7,13-14,17H,4-5,8-11H2,(H,18,19)(H,20,21). The molecule has 0 radical (unpaired) electrons. The van der Waals surface area contributed by atoms with Crippen LogP contribution in [0.1, 0.15) is 37.2 Å². The van der Waals surface area contributed by atoms with Crippen molar-refractivity contribution in [2.45, 2.75) is 37.6 Å². The summed E-state index contributed by atoms with van der Waals surface area (Å²) in [4.78, 5) is 23.1. The third kappa shape index (κ3) is 4.86. The van der Waals surface area contributed by atoms with Gasteiger partial charge in [0.1, 0.15) is 0 Å². The average molecular weight is 290 g/mol. The van der Waals surface area contributed by atoms with Crippen LogP contribution in [-0.4, -0.2) is 36.1 Å². The van der Waals surface area contributed by atoms with Gasteiger partial charge in [-0.1, -0.05) is 43.2 Å². The lowest BCUT2D eigenvalue weighted by molar-refractivity contribution is -0.138. The van der Waals surface area contributed by atoms with Gasteiger partial charge in [-0.15, -0.1) is 0 Å². The highest BCUT2D eigenvalue weighted by Gasteiger charge is 2.21. The largest absolute Gasteiger partial charge is 0.481 e. The van der Waals surface area contributed by atoms with Gasteiger partial charge in [-0.2, -0.15) is 0 Å². The van der Waals surface area contributed by atoms with Crippen LogP contribution in [0.3, 0.4) is 0 Å². The molecule has 1 atom stereocenters. The number of carboxylic acid groups (broad SMARTS) is 1. The summed E-state index contributed by atoms with van der Waals surface area (Å²) in [6.07, 6.45) is 4.67. The monoisotopic (exact) mass is 290 g/mol. The minimum atomic E-state index is -0.926. The molecule has 5 nitrogen and oxygen atoms in total. The van der Waals surface area contributed by atoms with Crippen LogP contribution >= 0.6 is 0 Å². The molecule has 1 saturated carbocycles. The van der Waals surface area contributed by atoms with E-state index >= 15 is 0 Å². The fourth-order valence-corrected chi connectivity index (χ4v) is 2.68. The molecule has 1 aliphatic carbocycles. The Hall–Kier alpha value is -1.88. The first-order valence-corrected chi connectivity index (χ1v) is 7.44. The van der Waals surface area contributed by atoms with E-state index in [9.17, 15) is 14.7 Å². The molecule has 0 aliphatic heterocycles. The van der Waals surface area contributed by atoms with Crippen LogP contribution in [0.4, 0.5) is 0 Å². The van der Waals surface area contributed by atoms with Gasteiger partial charge in [0.2, 0.25) is 5.91 Å². The van der Waals surface area contributed by atoms with Crippen LogP contribution in [-0.2, 0) is 9.59 Å². The molecule has 3 N–H and O–H groups in total. The second-order valence-corrected chi connectivity index (χ2v) is 5.47. The second-order valence-electron chi connectivity index (χ2n) is 5.47. The average Bonchev–Trinajstić information content (AvgIpc) is 2.99. The Morgan fingerprint density at radius 3 is 2.48 bits per heavy atom. The number of hydrogen-bond donors (Lipinski definition) is 3. The number of carbonyl (C=O) groups excluding carboxylic acids is 1. The molecule has 0 spiro atoms. The molecule has 1 aromatic rings. The van der Waals surface area contributed by atoms with Gasteiger partial charge in [0.25, 0.3) is 0 Å². The van der Waals surface area contributed by atoms with Gasteiger partial charge in [-0.05, 0) is 18.4 Å². The molecule has 1 fully saturated rings. The van der Waals surface area contributed by atoms with E-state index in [1.807, 2.05) is 6.07 Å². The Bertz CT molecular complexity index is 470. The van der Waals surface area contributed by atoms with Crippen LogP contribution in [0.5, 0.6) is 0 Å². The number of nitrogens with one attached hydrogen (secondary N) is 2. The van der Waals surface area contributed by atoms with Gasteiger partial charge >= 0.3 is 5.97 Å². The lowest BCUT2D eigenvalue weighted by Crippen LogP contribution is -2.40. The minimum absolute atomic E-state index is 0.116. The highest BCUT2D eigenvalue weighted by molar-refractivity contribution is 5.80. The van der Waals surface area contributed by atoms with E-state index in [1.54, 1.807) is 24.3 Å². The normalized spacial score (nSPS) is 16.6. The fraction of sp³-hybridized carbons (Fsp3) is 0.500. The number of carboxylic acids is 1. The first-order valence-electron chi connectivity index (χ1n) is 7.44. The molecule has 5 heteroatoms. The van der Waals surface area contributed by atoms with E-state index in [0.717, 1.165) is 12.8 Å². The molecule has 2 rings (SSSR count). The molecule has 0 aromatic heterocycles. The quantitative estimate of drug-likeness (QED) is 0.711. The molecule has 21 heavy (non-hydrogen) atoms. The lowest BCUT2D eigenvalue weighted by atomic mass is 9.99. The van der Waals surface area contributed by atoms with Gasteiger partial charge in [-0.3, -0.25) is 9.59 Å². The van der Waals surface area contributed by atoms with Crippen molar-refractivity contribution in [2.24, 2.45) is 0 Å². The Kier molecular flexibility index (Phi) is 5.75. The highest BCUT2D eigenvalue weighted by Crippen LogP contribution is 2.17. The van der Waals surface area contributed by atoms with E-state index in [2.05, 4.69) is 10.6 Å². The van der Waals surface area contributed by atoms with Crippen molar-refractivity contribution in [1.82, 2.24) is 10.6 Å². The molecule has 1 amide bonds. The van der Waals surface area contributed by atoms with Crippen molar-refractivity contribution < 1.29 is 14.7 Å². The second kappa shape index (κ2) is 7.78. The zero-order valence-corrected chi connectivity index (χ0v) is 12.0. The maximum Gasteiger partial charge on any atom is 0.312 e.